The lowest BCUT2D eigenvalue weighted by molar-refractivity contribution is -0.598. The highest BCUT2D eigenvalue weighted by atomic mass is 35.5. The first kappa shape index (κ1) is 22.5. The predicted octanol–water partition coefficient (Wildman–Crippen LogP) is 3.80. The van der Waals surface area contributed by atoms with E-state index in [1.54, 1.807) is 29.5 Å². The van der Waals surface area contributed by atoms with Gasteiger partial charge in [-0.2, -0.15) is 4.57 Å². The number of hydrogen-bond acceptors (Lipinski definition) is 1. The van der Waals surface area contributed by atoms with Crippen LogP contribution in [0.2, 0.25) is 0 Å². The van der Waals surface area contributed by atoms with E-state index in [4.69, 9.17) is 0 Å². The molecule has 0 radical (unpaired) electrons. The SMILES string of the molecule is Fc1cc(F)cc(-c2cccc(-c3cc(F)cc(F)c3)c2-[n+]2csc3c2CCCC3)c1.[Cl-]. The topological polar surface area (TPSA) is 3.88 Å². The fraction of sp³-hybridized carbons (Fsp3) is 0.160. The first-order chi connectivity index (χ1) is 15.0. The monoisotopic (exact) mass is 475 g/mol. The van der Waals surface area contributed by atoms with Gasteiger partial charge < -0.3 is 12.4 Å². The fourth-order valence-corrected chi connectivity index (χ4v) is 5.36. The van der Waals surface area contributed by atoms with Gasteiger partial charge in [-0.05, 0) is 66.8 Å². The van der Waals surface area contributed by atoms with Crippen LogP contribution in [0.5, 0.6) is 0 Å². The summed E-state index contributed by atoms with van der Waals surface area (Å²) >= 11 is 1.63. The highest BCUT2D eigenvalue weighted by Crippen LogP contribution is 2.36. The molecule has 0 bridgehead atoms. The molecule has 0 saturated carbocycles. The number of halogens is 5. The third-order valence-electron chi connectivity index (χ3n) is 5.60. The molecule has 1 heterocycles. The molecule has 1 aromatic heterocycles. The third-order valence-corrected chi connectivity index (χ3v) is 6.64. The van der Waals surface area contributed by atoms with Gasteiger partial charge in [-0.3, -0.25) is 0 Å². The maximum Gasteiger partial charge on any atom is 0.231 e. The van der Waals surface area contributed by atoms with E-state index >= 15 is 0 Å². The molecule has 5 rings (SSSR count). The number of aryl methyl sites for hydroxylation is 1. The fourth-order valence-electron chi connectivity index (χ4n) is 4.30. The van der Waals surface area contributed by atoms with Gasteiger partial charge in [0.05, 0.1) is 16.0 Å². The average Bonchev–Trinajstić information content (AvgIpc) is 3.15. The molecular formula is C25H18ClF4NS. The summed E-state index contributed by atoms with van der Waals surface area (Å²) in [7, 11) is 0. The van der Waals surface area contributed by atoms with Crippen LogP contribution in [-0.2, 0) is 12.8 Å². The number of para-hydroxylation sites is 1. The van der Waals surface area contributed by atoms with E-state index in [0.29, 0.717) is 27.9 Å². The zero-order valence-electron chi connectivity index (χ0n) is 16.8. The van der Waals surface area contributed by atoms with Crippen LogP contribution in [-0.4, -0.2) is 0 Å². The van der Waals surface area contributed by atoms with Gasteiger partial charge in [0.15, 0.2) is 0 Å². The van der Waals surface area contributed by atoms with Crippen molar-refractivity contribution in [2.75, 3.05) is 0 Å². The van der Waals surface area contributed by atoms with E-state index in [0.717, 1.165) is 43.5 Å². The average molecular weight is 476 g/mol. The number of rotatable bonds is 3. The molecule has 0 saturated heterocycles. The van der Waals surface area contributed by atoms with Crippen LogP contribution in [0.25, 0.3) is 27.9 Å². The Hall–Kier alpha value is -2.70. The highest BCUT2D eigenvalue weighted by Gasteiger charge is 2.29. The minimum atomic E-state index is -0.680. The van der Waals surface area contributed by atoms with E-state index in [9.17, 15) is 17.6 Å². The van der Waals surface area contributed by atoms with Gasteiger partial charge in [-0.25, -0.2) is 17.6 Å². The number of fused-ring (bicyclic) bond motifs is 1. The molecule has 4 aromatic rings. The lowest BCUT2D eigenvalue weighted by Gasteiger charge is -2.13. The number of benzene rings is 3. The summed E-state index contributed by atoms with van der Waals surface area (Å²) in [5.74, 6) is -2.72. The van der Waals surface area contributed by atoms with Crippen molar-refractivity contribution in [3.8, 4) is 27.9 Å². The molecule has 0 N–H and O–H groups in total. The first-order valence-corrected chi connectivity index (χ1v) is 10.9. The van der Waals surface area contributed by atoms with Gasteiger partial charge in [0, 0.05) is 18.6 Å². The number of nitrogens with zero attached hydrogens (tertiary/aromatic N) is 1. The molecule has 1 aliphatic rings. The van der Waals surface area contributed by atoms with Crippen LogP contribution in [0.4, 0.5) is 17.6 Å². The molecule has 0 spiro atoms. The molecule has 164 valence electrons. The van der Waals surface area contributed by atoms with Crippen molar-refractivity contribution in [2.45, 2.75) is 25.7 Å². The van der Waals surface area contributed by atoms with Crippen molar-refractivity contribution in [2.24, 2.45) is 0 Å². The van der Waals surface area contributed by atoms with Crippen molar-refractivity contribution < 1.29 is 34.5 Å². The largest absolute Gasteiger partial charge is 1.00 e. The second-order valence-electron chi connectivity index (χ2n) is 7.69. The summed E-state index contributed by atoms with van der Waals surface area (Å²) in [5.41, 5.74) is 5.71. The van der Waals surface area contributed by atoms with Crippen LogP contribution in [0, 0.1) is 23.3 Å². The Balaban J connectivity index is 0.00000245. The maximum absolute atomic E-state index is 14.0. The van der Waals surface area contributed by atoms with Gasteiger partial charge in [0.25, 0.3) is 0 Å². The lowest BCUT2D eigenvalue weighted by Crippen LogP contribution is -3.00. The predicted molar refractivity (Wildman–Crippen MR) is 113 cm³/mol. The number of thiazole rings is 1. The summed E-state index contributed by atoms with van der Waals surface area (Å²) < 4.78 is 58.2. The van der Waals surface area contributed by atoms with E-state index in [1.165, 1.54) is 29.1 Å². The van der Waals surface area contributed by atoms with E-state index in [2.05, 4.69) is 0 Å². The highest BCUT2D eigenvalue weighted by molar-refractivity contribution is 7.09. The van der Waals surface area contributed by atoms with Crippen LogP contribution < -0.4 is 17.0 Å². The Morgan fingerprint density at radius 2 is 1.19 bits per heavy atom. The van der Waals surface area contributed by atoms with E-state index in [-0.39, 0.29) is 12.4 Å². The molecule has 1 nitrogen and oxygen atoms in total. The zero-order valence-corrected chi connectivity index (χ0v) is 18.4. The van der Waals surface area contributed by atoms with Crippen LogP contribution in [0.3, 0.4) is 0 Å². The van der Waals surface area contributed by atoms with Gasteiger partial charge in [-0.15, -0.1) is 0 Å². The number of aromatic nitrogens is 1. The molecule has 0 atom stereocenters. The standard InChI is InChI=1S/C25H18F4NS.ClH/c26-17-8-15(9-18(27)12-17)21-4-3-5-22(16-10-19(28)13-20(29)11-16)25(21)30-14-31-24-7-2-1-6-23(24)30;/h3-5,8-14H,1-2,6-7H2;1H/q+1;/p-1. The Bertz CT molecular complexity index is 1190. The van der Waals surface area contributed by atoms with Gasteiger partial charge in [0.1, 0.15) is 23.3 Å². The Morgan fingerprint density at radius 1 is 0.688 bits per heavy atom. The van der Waals surface area contributed by atoms with Gasteiger partial charge in [-0.1, -0.05) is 17.4 Å². The normalized spacial score (nSPS) is 12.9. The second-order valence-corrected chi connectivity index (χ2v) is 8.63. The van der Waals surface area contributed by atoms with E-state index < -0.39 is 23.3 Å². The van der Waals surface area contributed by atoms with Crippen molar-refractivity contribution >= 4 is 11.3 Å². The second kappa shape index (κ2) is 9.04. The van der Waals surface area contributed by atoms with Gasteiger partial charge in [0.2, 0.25) is 16.9 Å². The molecule has 3 aromatic carbocycles. The number of hydrogen-bond donors (Lipinski definition) is 0. The van der Waals surface area contributed by atoms with Crippen molar-refractivity contribution in [1.29, 1.82) is 0 Å². The van der Waals surface area contributed by atoms with Crippen LogP contribution in [0.1, 0.15) is 23.4 Å². The van der Waals surface area contributed by atoms with Crippen molar-refractivity contribution in [3.05, 3.63) is 93.9 Å². The summed E-state index contributed by atoms with van der Waals surface area (Å²) in [6.07, 6.45) is 4.02. The summed E-state index contributed by atoms with van der Waals surface area (Å²) in [6, 6.07) is 12.1. The van der Waals surface area contributed by atoms with Crippen LogP contribution >= 0.6 is 11.3 Å². The minimum Gasteiger partial charge on any atom is -1.00 e. The van der Waals surface area contributed by atoms with E-state index in [1.807, 2.05) is 10.1 Å². The van der Waals surface area contributed by atoms with Crippen LogP contribution in [0.15, 0.2) is 60.1 Å². The minimum absolute atomic E-state index is 0. The maximum atomic E-state index is 14.0. The quantitative estimate of drug-likeness (QED) is 0.313. The molecular weight excluding hydrogens is 458 g/mol. The molecule has 0 fully saturated rings. The first-order valence-electron chi connectivity index (χ1n) is 10.1. The zero-order chi connectivity index (χ0) is 21.5. The molecule has 32 heavy (non-hydrogen) atoms. The summed E-state index contributed by atoms with van der Waals surface area (Å²) in [4.78, 5) is 1.27. The lowest BCUT2D eigenvalue weighted by atomic mass is 9.94. The van der Waals surface area contributed by atoms with Crippen molar-refractivity contribution in [3.63, 3.8) is 0 Å². The van der Waals surface area contributed by atoms with Crippen molar-refractivity contribution in [1.82, 2.24) is 0 Å². The molecule has 7 heteroatoms. The molecule has 0 unspecified atom stereocenters. The molecule has 0 aliphatic heterocycles. The Kier molecular flexibility index (Phi) is 6.35. The van der Waals surface area contributed by atoms with Gasteiger partial charge >= 0.3 is 0 Å². The summed E-state index contributed by atoms with van der Waals surface area (Å²) in [5, 5.41) is 0. The summed E-state index contributed by atoms with van der Waals surface area (Å²) in [6.45, 7) is 0. The smallest absolute Gasteiger partial charge is 0.231 e. The Labute approximate surface area is 193 Å². The molecule has 1 aliphatic carbocycles. The Morgan fingerprint density at radius 3 is 1.72 bits per heavy atom. The molecule has 0 amide bonds. The third kappa shape index (κ3) is 4.17.